The smallest absolute Gasteiger partial charge is 0.218 e. The summed E-state index contributed by atoms with van der Waals surface area (Å²) in [6.07, 6.45) is 0.817. The highest BCUT2D eigenvalue weighted by Crippen LogP contribution is 2.07. The lowest BCUT2D eigenvalue weighted by molar-refractivity contribution is 0.961. The van der Waals surface area contributed by atoms with Crippen molar-refractivity contribution in [3.05, 3.63) is 33.4 Å². The maximum absolute atomic E-state index is 5.46. The number of guanidine groups is 2. The molecule has 0 saturated heterocycles. The normalized spacial score (nSPS) is 10.5. The molecule has 7 heteroatoms. The molecule has 0 radical (unpaired) electrons. The van der Waals surface area contributed by atoms with E-state index in [4.69, 9.17) is 17.2 Å². The van der Waals surface area contributed by atoms with Crippen molar-refractivity contribution in [1.29, 1.82) is 0 Å². The molecule has 6 N–H and O–H groups in total. The van der Waals surface area contributed by atoms with Crippen LogP contribution in [0, 0.1) is 3.57 Å². The van der Waals surface area contributed by atoms with Gasteiger partial charge in [0, 0.05) is 10.1 Å². The minimum Gasteiger partial charge on any atom is -0.370 e. The Labute approximate surface area is 120 Å². The van der Waals surface area contributed by atoms with Crippen LogP contribution in [0.15, 0.2) is 34.3 Å². The summed E-state index contributed by atoms with van der Waals surface area (Å²) in [4.78, 5) is 7.65. The number of aliphatic imine (C=N–C) groups is 2. The molecule has 0 aromatic heterocycles. The van der Waals surface area contributed by atoms with Gasteiger partial charge >= 0.3 is 0 Å². The Balaban J connectivity index is 0.00000256. The molecule has 0 spiro atoms. The first kappa shape index (κ1) is 16.0. The van der Waals surface area contributed by atoms with Crippen molar-refractivity contribution < 1.29 is 0 Å². The van der Waals surface area contributed by atoms with E-state index >= 15 is 0 Å². The molecule has 0 unspecified atom stereocenters. The Morgan fingerprint density at radius 1 is 1.12 bits per heavy atom. The van der Waals surface area contributed by atoms with Crippen molar-refractivity contribution in [2.45, 2.75) is 6.42 Å². The van der Waals surface area contributed by atoms with Crippen LogP contribution in [0.25, 0.3) is 0 Å². The van der Waals surface area contributed by atoms with Gasteiger partial charge in [0.25, 0.3) is 0 Å². The molecule has 0 heterocycles. The van der Waals surface area contributed by atoms with Crippen molar-refractivity contribution in [3.63, 3.8) is 0 Å². The van der Waals surface area contributed by atoms with Gasteiger partial charge in [-0.2, -0.15) is 4.99 Å². The Morgan fingerprint density at radius 3 is 2.24 bits per heavy atom. The highest BCUT2D eigenvalue weighted by molar-refractivity contribution is 14.1. The second-order valence-corrected chi connectivity index (χ2v) is 4.40. The number of benzene rings is 1. The molecule has 0 aliphatic heterocycles. The Bertz CT molecular complexity index is 398. The number of nitrogens with zero attached hydrogens (tertiary/aromatic N) is 2. The molecule has 0 bridgehead atoms. The third-order valence-electron chi connectivity index (χ3n) is 1.83. The fraction of sp³-hybridized carbons (Fsp3) is 0.200. The molecule has 0 aliphatic rings. The standard InChI is InChI=1S/C10H14IN5.ClH/c11-8-3-1-7(2-4-8)5-6-15-10(14)16-9(12)13;/h1-4H,5-6H2,(H6,12,13,14,15,16);1H. The predicted octanol–water partition coefficient (Wildman–Crippen LogP) is 0.844. The third-order valence-corrected chi connectivity index (χ3v) is 2.55. The fourth-order valence-corrected chi connectivity index (χ4v) is 1.48. The van der Waals surface area contributed by atoms with Crippen LogP contribution in [0.1, 0.15) is 5.56 Å². The number of halogens is 2. The lowest BCUT2D eigenvalue weighted by Crippen LogP contribution is -2.26. The number of hydrogen-bond donors (Lipinski definition) is 3. The summed E-state index contributed by atoms with van der Waals surface area (Å²) < 4.78 is 1.21. The number of nitrogens with two attached hydrogens (primary N) is 3. The van der Waals surface area contributed by atoms with E-state index in [2.05, 4.69) is 56.8 Å². The maximum Gasteiger partial charge on any atom is 0.218 e. The molecule has 0 saturated carbocycles. The van der Waals surface area contributed by atoms with Gasteiger partial charge in [-0.1, -0.05) is 12.1 Å². The first-order valence-electron chi connectivity index (χ1n) is 4.72. The molecular formula is C10H15ClIN5. The van der Waals surface area contributed by atoms with Crippen LogP contribution in [-0.2, 0) is 6.42 Å². The Morgan fingerprint density at radius 2 is 1.71 bits per heavy atom. The van der Waals surface area contributed by atoms with Gasteiger partial charge in [0.2, 0.25) is 5.96 Å². The molecule has 1 rings (SSSR count). The molecule has 94 valence electrons. The second-order valence-electron chi connectivity index (χ2n) is 3.15. The van der Waals surface area contributed by atoms with Crippen molar-refractivity contribution in [2.24, 2.45) is 27.2 Å². The summed E-state index contributed by atoms with van der Waals surface area (Å²) in [5, 5.41) is 0. The quantitative estimate of drug-likeness (QED) is 0.419. The summed E-state index contributed by atoms with van der Waals surface area (Å²) in [7, 11) is 0. The molecule has 17 heavy (non-hydrogen) atoms. The van der Waals surface area contributed by atoms with Gasteiger partial charge in [-0.3, -0.25) is 4.99 Å². The van der Waals surface area contributed by atoms with Gasteiger partial charge in [-0.05, 0) is 46.7 Å². The molecule has 0 amide bonds. The summed E-state index contributed by atoms with van der Waals surface area (Å²) in [6.45, 7) is 0.573. The fourth-order valence-electron chi connectivity index (χ4n) is 1.12. The average molecular weight is 368 g/mol. The monoisotopic (exact) mass is 367 g/mol. The van der Waals surface area contributed by atoms with E-state index in [1.54, 1.807) is 0 Å². The van der Waals surface area contributed by atoms with Crippen LogP contribution in [0.4, 0.5) is 0 Å². The van der Waals surface area contributed by atoms with Crippen LogP contribution in [0.5, 0.6) is 0 Å². The van der Waals surface area contributed by atoms with Gasteiger partial charge in [0.15, 0.2) is 5.96 Å². The molecular weight excluding hydrogens is 353 g/mol. The number of rotatable bonds is 3. The average Bonchev–Trinajstić information content (AvgIpc) is 2.20. The molecule has 0 atom stereocenters. The van der Waals surface area contributed by atoms with Gasteiger partial charge in [0.05, 0.1) is 0 Å². The Kier molecular flexibility index (Phi) is 7.64. The van der Waals surface area contributed by atoms with Crippen molar-refractivity contribution in [3.8, 4) is 0 Å². The lowest BCUT2D eigenvalue weighted by Gasteiger charge is -1.99. The van der Waals surface area contributed by atoms with E-state index in [1.165, 1.54) is 9.13 Å². The van der Waals surface area contributed by atoms with Gasteiger partial charge in [-0.25, -0.2) is 0 Å². The van der Waals surface area contributed by atoms with E-state index in [1.807, 2.05) is 0 Å². The first-order valence-corrected chi connectivity index (χ1v) is 5.80. The van der Waals surface area contributed by atoms with Gasteiger partial charge in [0.1, 0.15) is 0 Å². The van der Waals surface area contributed by atoms with Gasteiger partial charge < -0.3 is 17.2 Å². The van der Waals surface area contributed by atoms with Crippen molar-refractivity contribution >= 4 is 46.9 Å². The summed E-state index contributed by atoms with van der Waals surface area (Å²) in [6, 6.07) is 8.24. The zero-order valence-electron chi connectivity index (χ0n) is 9.14. The molecule has 1 aromatic rings. The van der Waals surface area contributed by atoms with Crippen LogP contribution >= 0.6 is 35.0 Å². The van der Waals surface area contributed by atoms with Crippen LogP contribution < -0.4 is 17.2 Å². The number of hydrogen-bond acceptors (Lipinski definition) is 1. The summed E-state index contributed by atoms with van der Waals surface area (Å²) in [5.74, 6) is 0.0426. The summed E-state index contributed by atoms with van der Waals surface area (Å²) >= 11 is 2.26. The van der Waals surface area contributed by atoms with E-state index in [0.29, 0.717) is 6.54 Å². The third kappa shape index (κ3) is 7.01. The zero-order valence-corrected chi connectivity index (χ0v) is 12.1. The second kappa shape index (κ2) is 8.13. The lowest BCUT2D eigenvalue weighted by atomic mass is 10.2. The summed E-state index contributed by atoms with van der Waals surface area (Å²) in [5.41, 5.74) is 17.0. The predicted molar refractivity (Wildman–Crippen MR) is 82.4 cm³/mol. The van der Waals surface area contributed by atoms with Crippen molar-refractivity contribution in [2.75, 3.05) is 6.54 Å². The highest BCUT2D eigenvalue weighted by atomic mass is 127. The molecule has 0 fully saturated rings. The van der Waals surface area contributed by atoms with E-state index in [9.17, 15) is 0 Å². The van der Waals surface area contributed by atoms with Gasteiger partial charge in [-0.15, -0.1) is 12.4 Å². The van der Waals surface area contributed by atoms with Crippen LogP contribution in [-0.4, -0.2) is 18.5 Å². The molecule has 5 nitrogen and oxygen atoms in total. The molecule has 1 aromatic carbocycles. The van der Waals surface area contributed by atoms with Crippen molar-refractivity contribution in [1.82, 2.24) is 0 Å². The molecule has 0 aliphatic carbocycles. The topological polar surface area (TPSA) is 103 Å². The first-order chi connectivity index (χ1) is 7.58. The minimum absolute atomic E-state index is 0. The SMILES string of the molecule is Cl.NC(N)=NC(N)=NCCc1ccc(I)cc1. The Hall–Kier alpha value is -1.02. The largest absolute Gasteiger partial charge is 0.370 e. The van der Waals surface area contributed by atoms with Crippen LogP contribution in [0.2, 0.25) is 0 Å². The zero-order chi connectivity index (χ0) is 12.0. The van der Waals surface area contributed by atoms with E-state index in [-0.39, 0.29) is 24.3 Å². The maximum atomic E-state index is 5.46. The van der Waals surface area contributed by atoms with E-state index in [0.717, 1.165) is 6.42 Å². The minimum atomic E-state index is -0.0736. The highest BCUT2D eigenvalue weighted by Gasteiger charge is 1.93. The van der Waals surface area contributed by atoms with Crippen LogP contribution in [0.3, 0.4) is 0 Å². The van der Waals surface area contributed by atoms with E-state index < -0.39 is 0 Å².